The Hall–Kier alpha value is -0.500. The molecule has 3 N–H and O–H groups in total. The van der Waals surface area contributed by atoms with Gasteiger partial charge in [-0.25, -0.2) is 0 Å². The van der Waals surface area contributed by atoms with Crippen LogP contribution in [0.3, 0.4) is 0 Å². The van der Waals surface area contributed by atoms with Gasteiger partial charge in [0.1, 0.15) is 0 Å². The second-order valence-corrected chi connectivity index (χ2v) is 2.03. The standard InChI is InChI=1S/C6H14N2/c1-5(4-8-3)6(2)7/h5,8H,2,4,7H2,1,3H3. The van der Waals surface area contributed by atoms with Crippen molar-refractivity contribution in [2.75, 3.05) is 13.6 Å². The van der Waals surface area contributed by atoms with Crippen LogP contribution in [0.15, 0.2) is 12.3 Å². The van der Waals surface area contributed by atoms with Gasteiger partial charge in [0.15, 0.2) is 0 Å². The molecule has 0 amide bonds. The minimum atomic E-state index is 0.389. The molecule has 0 heterocycles. The third kappa shape index (κ3) is 2.64. The highest BCUT2D eigenvalue weighted by Gasteiger charge is 1.98. The molecule has 0 rings (SSSR count). The Kier molecular flexibility index (Phi) is 3.28. The van der Waals surface area contributed by atoms with Crippen LogP contribution in [0.5, 0.6) is 0 Å². The van der Waals surface area contributed by atoms with Gasteiger partial charge in [0.25, 0.3) is 0 Å². The molecule has 0 fully saturated rings. The van der Waals surface area contributed by atoms with E-state index in [0.29, 0.717) is 5.92 Å². The molecular weight excluding hydrogens is 100 g/mol. The van der Waals surface area contributed by atoms with E-state index in [2.05, 4.69) is 11.9 Å². The molecule has 1 atom stereocenters. The van der Waals surface area contributed by atoms with Crippen LogP contribution in [0.2, 0.25) is 0 Å². The summed E-state index contributed by atoms with van der Waals surface area (Å²) in [5, 5.41) is 3.01. The molecule has 0 spiro atoms. The van der Waals surface area contributed by atoms with Crippen LogP contribution in [0.25, 0.3) is 0 Å². The summed E-state index contributed by atoms with van der Waals surface area (Å²) in [5.74, 6) is 0.389. The number of nitrogens with two attached hydrogens (primary N) is 1. The number of nitrogens with one attached hydrogen (secondary N) is 1. The molecule has 2 nitrogen and oxygen atoms in total. The van der Waals surface area contributed by atoms with Gasteiger partial charge in [-0.1, -0.05) is 13.5 Å². The maximum absolute atomic E-state index is 5.39. The largest absolute Gasteiger partial charge is 0.402 e. The van der Waals surface area contributed by atoms with Gasteiger partial charge in [-0.3, -0.25) is 0 Å². The smallest absolute Gasteiger partial charge is 0.00749 e. The fourth-order valence-corrected chi connectivity index (χ4v) is 0.437. The Morgan fingerprint density at radius 2 is 2.38 bits per heavy atom. The molecule has 0 aromatic heterocycles. The Morgan fingerprint density at radius 1 is 1.88 bits per heavy atom. The van der Waals surface area contributed by atoms with Gasteiger partial charge in [-0.05, 0) is 7.05 Å². The highest BCUT2D eigenvalue weighted by Crippen LogP contribution is 1.97. The molecule has 0 aliphatic carbocycles. The number of hydrogen-bond acceptors (Lipinski definition) is 2. The lowest BCUT2D eigenvalue weighted by Crippen LogP contribution is -2.20. The first kappa shape index (κ1) is 7.50. The van der Waals surface area contributed by atoms with Gasteiger partial charge in [0.2, 0.25) is 0 Å². The lowest BCUT2D eigenvalue weighted by atomic mass is 10.1. The van der Waals surface area contributed by atoms with Crippen LogP contribution >= 0.6 is 0 Å². The summed E-state index contributed by atoms with van der Waals surface area (Å²) in [6.45, 7) is 6.56. The van der Waals surface area contributed by atoms with Crippen molar-refractivity contribution in [2.45, 2.75) is 6.92 Å². The minimum Gasteiger partial charge on any atom is -0.402 e. The third-order valence-electron chi connectivity index (χ3n) is 1.14. The van der Waals surface area contributed by atoms with E-state index < -0.39 is 0 Å². The monoisotopic (exact) mass is 114 g/mol. The molecule has 0 aromatic rings. The second kappa shape index (κ2) is 3.50. The highest BCUT2D eigenvalue weighted by atomic mass is 14.8. The molecule has 0 bridgehead atoms. The van der Waals surface area contributed by atoms with Crippen LogP contribution in [0, 0.1) is 5.92 Å². The van der Waals surface area contributed by atoms with E-state index in [1.54, 1.807) is 0 Å². The maximum atomic E-state index is 5.39. The molecule has 2 heteroatoms. The predicted octanol–water partition coefficient (Wildman–Crippen LogP) is 0.314. The molecule has 0 aliphatic rings. The fourth-order valence-electron chi connectivity index (χ4n) is 0.437. The molecule has 0 aliphatic heterocycles. The van der Waals surface area contributed by atoms with Crippen LogP contribution in [0.4, 0.5) is 0 Å². The van der Waals surface area contributed by atoms with Crippen LogP contribution in [-0.2, 0) is 0 Å². The summed E-state index contributed by atoms with van der Waals surface area (Å²) in [6.07, 6.45) is 0. The van der Waals surface area contributed by atoms with Crippen molar-refractivity contribution >= 4 is 0 Å². The molecule has 1 unspecified atom stereocenters. The highest BCUT2D eigenvalue weighted by molar-refractivity contribution is 4.92. The van der Waals surface area contributed by atoms with Gasteiger partial charge in [-0.15, -0.1) is 0 Å². The quantitative estimate of drug-likeness (QED) is 0.554. The van der Waals surface area contributed by atoms with Gasteiger partial charge < -0.3 is 11.1 Å². The van der Waals surface area contributed by atoms with Crippen molar-refractivity contribution in [3.8, 4) is 0 Å². The third-order valence-corrected chi connectivity index (χ3v) is 1.14. The summed E-state index contributed by atoms with van der Waals surface area (Å²) in [7, 11) is 1.90. The zero-order chi connectivity index (χ0) is 6.57. The van der Waals surface area contributed by atoms with E-state index in [1.807, 2.05) is 14.0 Å². The summed E-state index contributed by atoms with van der Waals surface area (Å²) < 4.78 is 0. The van der Waals surface area contributed by atoms with Crippen molar-refractivity contribution in [1.29, 1.82) is 0 Å². The number of hydrogen-bond donors (Lipinski definition) is 2. The zero-order valence-electron chi connectivity index (χ0n) is 5.57. The van der Waals surface area contributed by atoms with Gasteiger partial charge in [0, 0.05) is 18.2 Å². The lowest BCUT2D eigenvalue weighted by molar-refractivity contribution is 0.615. The predicted molar refractivity (Wildman–Crippen MR) is 36.4 cm³/mol. The van der Waals surface area contributed by atoms with Crippen LogP contribution in [0.1, 0.15) is 6.92 Å². The summed E-state index contributed by atoms with van der Waals surface area (Å²) in [4.78, 5) is 0. The van der Waals surface area contributed by atoms with Crippen molar-refractivity contribution in [1.82, 2.24) is 5.32 Å². The van der Waals surface area contributed by atoms with Crippen molar-refractivity contribution in [2.24, 2.45) is 11.7 Å². The molecule has 8 heavy (non-hydrogen) atoms. The molecule has 0 radical (unpaired) electrons. The average molecular weight is 114 g/mol. The van der Waals surface area contributed by atoms with Crippen molar-refractivity contribution in [3.63, 3.8) is 0 Å². The Balaban J connectivity index is 3.32. The topological polar surface area (TPSA) is 38.0 Å². The van der Waals surface area contributed by atoms with E-state index in [1.165, 1.54) is 0 Å². The Morgan fingerprint density at radius 3 is 2.50 bits per heavy atom. The summed E-state index contributed by atoms with van der Waals surface area (Å²) in [5.41, 5.74) is 6.14. The van der Waals surface area contributed by atoms with Crippen LogP contribution < -0.4 is 11.1 Å². The van der Waals surface area contributed by atoms with Crippen molar-refractivity contribution < 1.29 is 0 Å². The molecule has 0 saturated carbocycles. The normalized spacial score (nSPS) is 13.2. The van der Waals surface area contributed by atoms with E-state index in [-0.39, 0.29) is 0 Å². The van der Waals surface area contributed by atoms with E-state index in [4.69, 9.17) is 5.73 Å². The van der Waals surface area contributed by atoms with Crippen molar-refractivity contribution in [3.05, 3.63) is 12.3 Å². The lowest BCUT2D eigenvalue weighted by Gasteiger charge is -2.07. The number of rotatable bonds is 3. The van der Waals surface area contributed by atoms with Crippen LogP contribution in [-0.4, -0.2) is 13.6 Å². The Labute approximate surface area is 50.8 Å². The minimum absolute atomic E-state index is 0.389. The first-order valence-corrected chi connectivity index (χ1v) is 2.77. The molecular formula is C6H14N2. The van der Waals surface area contributed by atoms with E-state index in [9.17, 15) is 0 Å². The van der Waals surface area contributed by atoms with Gasteiger partial charge in [-0.2, -0.15) is 0 Å². The van der Waals surface area contributed by atoms with Gasteiger partial charge in [0.05, 0.1) is 0 Å². The summed E-state index contributed by atoms with van der Waals surface area (Å²) in [6, 6.07) is 0. The summed E-state index contributed by atoms with van der Waals surface area (Å²) >= 11 is 0. The SMILES string of the molecule is C=C(N)C(C)CNC. The second-order valence-electron chi connectivity index (χ2n) is 2.03. The molecule has 0 aromatic carbocycles. The maximum Gasteiger partial charge on any atom is 0.00749 e. The van der Waals surface area contributed by atoms with E-state index >= 15 is 0 Å². The molecule has 48 valence electrons. The Bertz CT molecular complexity index is 78.6. The first-order chi connectivity index (χ1) is 3.68. The molecule has 0 saturated heterocycles. The fraction of sp³-hybridized carbons (Fsp3) is 0.667. The zero-order valence-corrected chi connectivity index (χ0v) is 5.57. The average Bonchev–Trinajstić information content (AvgIpc) is 1.67. The van der Waals surface area contributed by atoms with E-state index in [0.717, 1.165) is 12.2 Å². The van der Waals surface area contributed by atoms with Gasteiger partial charge >= 0.3 is 0 Å². The first-order valence-electron chi connectivity index (χ1n) is 2.77.